The third-order valence-corrected chi connectivity index (χ3v) is 5.93. The summed E-state index contributed by atoms with van der Waals surface area (Å²) in [5, 5.41) is 4.17. The Bertz CT molecular complexity index is 1000. The van der Waals surface area contributed by atoms with Crippen LogP contribution in [0.1, 0.15) is 17.0 Å². The minimum absolute atomic E-state index is 0.776. The Morgan fingerprint density at radius 2 is 1.71 bits per heavy atom. The van der Waals surface area contributed by atoms with Crippen LogP contribution in [0.5, 0.6) is 0 Å². The van der Waals surface area contributed by atoms with Gasteiger partial charge in [-0.2, -0.15) is 0 Å². The van der Waals surface area contributed by atoms with E-state index in [0.29, 0.717) is 0 Å². The lowest BCUT2D eigenvalue weighted by atomic mass is 9.99. The molecule has 0 amide bonds. The van der Waals surface area contributed by atoms with Gasteiger partial charge in [-0.05, 0) is 40.4 Å². The maximum atomic E-state index is 5.47. The molecule has 1 saturated heterocycles. The monoisotopic (exact) mass is 420 g/mol. The van der Waals surface area contributed by atoms with E-state index in [9.17, 15) is 0 Å². The Morgan fingerprint density at radius 3 is 2.32 bits per heavy atom. The normalized spacial score (nSPS) is 15.1. The maximum Gasteiger partial charge on any atom is 0.225 e. The highest BCUT2D eigenvalue weighted by Crippen LogP contribution is 2.35. The zero-order valence-corrected chi connectivity index (χ0v) is 19.2. The third-order valence-electron chi connectivity index (χ3n) is 5.93. The van der Waals surface area contributed by atoms with E-state index in [1.807, 2.05) is 20.0 Å². The minimum Gasteiger partial charge on any atom is -0.361 e. The first-order valence-electron chi connectivity index (χ1n) is 10.9. The van der Waals surface area contributed by atoms with Gasteiger partial charge in [0.05, 0.1) is 17.0 Å². The van der Waals surface area contributed by atoms with E-state index < -0.39 is 0 Å². The number of piperazine rings is 1. The van der Waals surface area contributed by atoms with Gasteiger partial charge in [-0.15, -0.1) is 0 Å². The Morgan fingerprint density at radius 1 is 1.00 bits per heavy atom. The predicted molar refractivity (Wildman–Crippen MR) is 124 cm³/mol. The van der Waals surface area contributed by atoms with Crippen LogP contribution in [0.25, 0.3) is 22.4 Å². The van der Waals surface area contributed by atoms with E-state index in [1.165, 1.54) is 5.56 Å². The van der Waals surface area contributed by atoms with Gasteiger partial charge >= 0.3 is 0 Å². The van der Waals surface area contributed by atoms with Gasteiger partial charge in [0.1, 0.15) is 5.76 Å². The van der Waals surface area contributed by atoms with Crippen LogP contribution in [-0.2, 0) is 0 Å². The van der Waals surface area contributed by atoms with Crippen LogP contribution >= 0.6 is 0 Å². The van der Waals surface area contributed by atoms with Crippen LogP contribution in [0.15, 0.2) is 35.0 Å². The van der Waals surface area contributed by atoms with Gasteiger partial charge in [-0.25, -0.2) is 9.97 Å². The first-order chi connectivity index (χ1) is 14.9. The Labute approximate surface area is 184 Å². The fourth-order valence-corrected chi connectivity index (χ4v) is 3.99. The molecule has 1 fully saturated rings. The third kappa shape index (κ3) is 4.78. The molecule has 1 aliphatic heterocycles. The first-order valence-corrected chi connectivity index (χ1v) is 10.9. The summed E-state index contributed by atoms with van der Waals surface area (Å²) >= 11 is 0. The van der Waals surface area contributed by atoms with Gasteiger partial charge in [0, 0.05) is 51.0 Å². The summed E-state index contributed by atoms with van der Waals surface area (Å²) in [7, 11) is 4.24. The molecule has 1 aliphatic rings. The second-order valence-corrected chi connectivity index (χ2v) is 8.63. The molecule has 31 heavy (non-hydrogen) atoms. The molecule has 0 saturated carbocycles. The van der Waals surface area contributed by atoms with Gasteiger partial charge in [-0.3, -0.25) is 4.90 Å². The second-order valence-electron chi connectivity index (χ2n) is 8.63. The molecule has 1 aromatic carbocycles. The van der Waals surface area contributed by atoms with Crippen LogP contribution in [0.2, 0.25) is 0 Å². The van der Waals surface area contributed by atoms with Crippen molar-refractivity contribution in [2.75, 3.05) is 58.3 Å². The Hall–Kier alpha value is -2.77. The summed E-state index contributed by atoms with van der Waals surface area (Å²) in [6.07, 6.45) is 1.95. The van der Waals surface area contributed by atoms with Gasteiger partial charge in [0.25, 0.3) is 0 Å². The Balaban J connectivity index is 1.64. The quantitative estimate of drug-likeness (QED) is 0.606. The number of anilines is 1. The van der Waals surface area contributed by atoms with Crippen molar-refractivity contribution in [2.45, 2.75) is 20.8 Å². The van der Waals surface area contributed by atoms with Crippen molar-refractivity contribution in [3.05, 3.63) is 47.5 Å². The highest BCUT2D eigenvalue weighted by molar-refractivity contribution is 5.82. The molecule has 7 heteroatoms. The van der Waals surface area contributed by atoms with Crippen molar-refractivity contribution in [2.24, 2.45) is 0 Å². The molecule has 4 rings (SSSR count). The number of aromatic nitrogens is 3. The number of likely N-dealkylation sites (N-methyl/N-ethyl adjacent to an activating group) is 1. The van der Waals surface area contributed by atoms with Crippen molar-refractivity contribution in [3.63, 3.8) is 0 Å². The number of hydrogen-bond donors (Lipinski definition) is 0. The summed E-state index contributed by atoms with van der Waals surface area (Å²) in [5.74, 6) is 1.56. The summed E-state index contributed by atoms with van der Waals surface area (Å²) in [6.45, 7) is 12.1. The largest absolute Gasteiger partial charge is 0.361 e. The topological polar surface area (TPSA) is 61.5 Å². The molecule has 7 nitrogen and oxygen atoms in total. The lowest BCUT2D eigenvalue weighted by molar-refractivity contribution is 0.229. The van der Waals surface area contributed by atoms with E-state index >= 15 is 0 Å². The molecular formula is C24H32N6O. The molecule has 0 bridgehead atoms. The summed E-state index contributed by atoms with van der Waals surface area (Å²) in [5.41, 5.74) is 6.03. The van der Waals surface area contributed by atoms with Gasteiger partial charge in [0.15, 0.2) is 0 Å². The highest BCUT2D eigenvalue weighted by Gasteiger charge is 2.23. The fourth-order valence-electron chi connectivity index (χ4n) is 3.99. The second kappa shape index (κ2) is 9.16. The molecule has 0 aliphatic carbocycles. The summed E-state index contributed by atoms with van der Waals surface area (Å²) < 4.78 is 5.47. The van der Waals surface area contributed by atoms with E-state index in [1.54, 1.807) is 0 Å². The Kier molecular flexibility index (Phi) is 6.34. The first kappa shape index (κ1) is 21.5. The molecule has 0 atom stereocenters. The molecule has 3 aromatic rings. The highest BCUT2D eigenvalue weighted by atomic mass is 16.5. The van der Waals surface area contributed by atoms with Crippen molar-refractivity contribution >= 4 is 5.95 Å². The average Bonchev–Trinajstić information content (AvgIpc) is 3.11. The van der Waals surface area contributed by atoms with Gasteiger partial charge in [0.2, 0.25) is 5.95 Å². The molecule has 0 unspecified atom stereocenters. The van der Waals surface area contributed by atoms with E-state index in [2.05, 4.69) is 65.1 Å². The number of rotatable bonds is 6. The molecule has 0 radical (unpaired) electrons. The predicted octanol–water partition coefficient (Wildman–Crippen LogP) is 3.41. The minimum atomic E-state index is 0.776. The lowest BCUT2D eigenvalue weighted by Gasteiger charge is -2.35. The van der Waals surface area contributed by atoms with Crippen LogP contribution < -0.4 is 4.90 Å². The lowest BCUT2D eigenvalue weighted by Crippen LogP contribution is -2.48. The average molecular weight is 421 g/mol. The molecule has 2 aromatic heterocycles. The number of nitrogens with zero attached hydrogens (tertiary/aromatic N) is 6. The van der Waals surface area contributed by atoms with Gasteiger partial charge < -0.3 is 14.3 Å². The zero-order chi connectivity index (χ0) is 22.0. The summed E-state index contributed by atoms with van der Waals surface area (Å²) in [6, 6.07) is 8.48. The molecule has 0 N–H and O–H groups in total. The van der Waals surface area contributed by atoms with Crippen molar-refractivity contribution in [1.29, 1.82) is 0 Å². The van der Waals surface area contributed by atoms with Crippen LogP contribution in [-0.4, -0.2) is 78.3 Å². The standard InChI is InChI=1S/C24H32N6O/c1-17-6-8-20(9-7-17)21-16-25-24(26-23(21)22-18(2)27-31-19(22)3)30-14-12-29(13-15-30)11-10-28(4)5/h6-9,16H,10-15H2,1-5H3. The zero-order valence-electron chi connectivity index (χ0n) is 19.2. The molecule has 164 valence electrons. The smallest absolute Gasteiger partial charge is 0.225 e. The van der Waals surface area contributed by atoms with Crippen LogP contribution in [0.4, 0.5) is 5.95 Å². The van der Waals surface area contributed by atoms with Crippen molar-refractivity contribution < 1.29 is 4.52 Å². The maximum absolute atomic E-state index is 5.47. The summed E-state index contributed by atoms with van der Waals surface area (Å²) in [4.78, 5) is 16.8. The van der Waals surface area contributed by atoms with Crippen LogP contribution in [0.3, 0.4) is 0 Å². The number of aryl methyl sites for hydroxylation is 3. The van der Waals surface area contributed by atoms with E-state index in [4.69, 9.17) is 14.5 Å². The van der Waals surface area contributed by atoms with E-state index in [0.717, 1.165) is 79.1 Å². The number of hydrogen-bond acceptors (Lipinski definition) is 7. The molecular weight excluding hydrogens is 388 g/mol. The fraction of sp³-hybridized carbons (Fsp3) is 0.458. The van der Waals surface area contributed by atoms with Gasteiger partial charge in [-0.1, -0.05) is 35.0 Å². The van der Waals surface area contributed by atoms with E-state index in [-0.39, 0.29) is 0 Å². The molecule has 0 spiro atoms. The SMILES string of the molecule is Cc1ccc(-c2cnc(N3CCN(CCN(C)C)CC3)nc2-c2c(C)noc2C)cc1. The van der Waals surface area contributed by atoms with Crippen molar-refractivity contribution in [1.82, 2.24) is 24.9 Å². The van der Waals surface area contributed by atoms with Crippen molar-refractivity contribution in [3.8, 4) is 22.4 Å². The number of benzene rings is 1. The molecule has 3 heterocycles. The van der Waals surface area contributed by atoms with Crippen LogP contribution in [0, 0.1) is 20.8 Å².